The molecule has 0 bridgehead atoms. The van der Waals surface area contributed by atoms with E-state index in [1.165, 1.54) is 0 Å². The van der Waals surface area contributed by atoms with E-state index in [-0.39, 0.29) is 12.1 Å². The Morgan fingerprint density at radius 3 is 2.79 bits per heavy atom. The van der Waals surface area contributed by atoms with Gasteiger partial charge in [-0.05, 0) is 13.5 Å². The number of likely N-dealkylation sites (N-methyl/N-ethyl adjacent to an activating group) is 1. The van der Waals surface area contributed by atoms with Gasteiger partial charge in [-0.3, -0.25) is 9.97 Å². The van der Waals surface area contributed by atoms with Gasteiger partial charge in [0.25, 0.3) is 0 Å². The molecule has 78 valence electrons. The number of nitrogens with one attached hydrogen (secondary N) is 1. The molecule has 4 nitrogen and oxygen atoms in total. The molecule has 2 unspecified atom stereocenters. The molecule has 0 aliphatic carbocycles. The highest BCUT2D eigenvalue weighted by Gasteiger charge is 2.18. The molecule has 1 rings (SSSR count). The molecule has 1 aromatic rings. The summed E-state index contributed by atoms with van der Waals surface area (Å²) in [5.74, 6) is 0. The van der Waals surface area contributed by atoms with E-state index in [1.807, 2.05) is 6.92 Å². The molecule has 0 aliphatic rings. The van der Waals surface area contributed by atoms with Crippen LogP contribution in [0.15, 0.2) is 18.6 Å². The van der Waals surface area contributed by atoms with Gasteiger partial charge < -0.3 is 10.1 Å². The molecule has 1 aromatic heterocycles. The lowest BCUT2D eigenvalue weighted by Gasteiger charge is -2.22. The van der Waals surface area contributed by atoms with Crippen LogP contribution in [-0.2, 0) is 4.74 Å². The minimum absolute atomic E-state index is 0.0895. The first kappa shape index (κ1) is 11.1. The molecule has 4 heteroatoms. The molecule has 0 spiro atoms. The number of hydrogen-bond acceptors (Lipinski definition) is 4. The Hall–Kier alpha value is -1.00. The van der Waals surface area contributed by atoms with E-state index in [1.54, 1.807) is 25.7 Å². The number of rotatable bonds is 5. The van der Waals surface area contributed by atoms with Crippen LogP contribution in [0, 0.1) is 0 Å². The van der Waals surface area contributed by atoms with E-state index in [0.717, 1.165) is 12.2 Å². The molecular weight excluding hydrogens is 178 g/mol. The monoisotopic (exact) mass is 195 g/mol. The van der Waals surface area contributed by atoms with Gasteiger partial charge in [-0.15, -0.1) is 0 Å². The van der Waals surface area contributed by atoms with Crippen molar-refractivity contribution in [1.82, 2.24) is 15.3 Å². The number of ether oxygens (including phenoxy) is 1. The van der Waals surface area contributed by atoms with Crippen molar-refractivity contribution in [3.05, 3.63) is 24.3 Å². The van der Waals surface area contributed by atoms with Gasteiger partial charge in [0.05, 0.1) is 24.0 Å². The Morgan fingerprint density at radius 1 is 1.50 bits per heavy atom. The van der Waals surface area contributed by atoms with Gasteiger partial charge in [0.15, 0.2) is 0 Å². The lowest BCUT2D eigenvalue weighted by molar-refractivity contribution is 0.0821. The van der Waals surface area contributed by atoms with E-state index >= 15 is 0 Å². The molecule has 2 atom stereocenters. The fourth-order valence-corrected chi connectivity index (χ4v) is 1.34. The third kappa shape index (κ3) is 2.75. The summed E-state index contributed by atoms with van der Waals surface area (Å²) in [4.78, 5) is 8.31. The summed E-state index contributed by atoms with van der Waals surface area (Å²) in [7, 11) is 1.70. The standard InChI is InChI=1S/C10H17N3O/c1-4-12-10(8(2)14-3)9-7-11-5-6-13-9/h5-8,10,12H,4H2,1-3H3. The van der Waals surface area contributed by atoms with Gasteiger partial charge in [-0.25, -0.2) is 0 Å². The lowest BCUT2D eigenvalue weighted by Crippen LogP contribution is -2.32. The van der Waals surface area contributed by atoms with Crippen LogP contribution >= 0.6 is 0 Å². The second-order valence-electron chi connectivity index (χ2n) is 3.11. The summed E-state index contributed by atoms with van der Waals surface area (Å²) in [5.41, 5.74) is 0.920. The van der Waals surface area contributed by atoms with Crippen LogP contribution < -0.4 is 5.32 Å². The van der Waals surface area contributed by atoms with E-state index in [9.17, 15) is 0 Å². The Balaban J connectivity index is 2.77. The summed E-state index contributed by atoms with van der Waals surface area (Å²) in [6, 6.07) is 0.110. The largest absolute Gasteiger partial charge is 0.380 e. The van der Waals surface area contributed by atoms with Crippen LogP contribution in [0.4, 0.5) is 0 Å². The first-order valence-corrected chi connectivity index (χ1v) is 4.81. The van der Waals surface area contributed by atoms with Gasteiger partial charge in [-0.1, -0.05) is 6.92 Å². The molecule has 0 aromatic carbocycles. The second-order valence-corrected chi connectivity index (χ2v) is 3.11. The topological polar surface area (TPSA) is 47.0 Å². The van der Waals surface area contributed by atoms with Gasteiger partial charge in [0, 0.05) is 19.5 Å². The van der Waals surface area contributed by atoms with Crippen LogP contribution in [0.1, 0.15) is 25.6 Å². The van der Waals surface area contributed by atoms with Crippen LogP contribution in [0.3, 0.4) is 0 Å². The number of methoxy groups -OCH3 is 1. The SMILES string of the molecule is CCNC(c1cnccn1)C(C)OC. The average molecular weight is 195 g/mol. The Labute approximate surface area is 84.7 Å². The fraction of sp³-hybridized carbons (Fsp3) is 0.600. The first-order valence-electron chi connectivity index (χ1n) is 4.81. The maximum atomic E-state index is 5.29. The molecule has 1 heterocycles. The van der Waals surface area contributed by atoms with E-state index in [2.05, 4.69) is 22.2 Å². The number of aromatic nitrogens is 2. The molecular formula is C10H17N3O. The summed E-state index contributed by atoms with van der Waals surface area (Å²) in [6.45, 7) is 4.96. The highest BCUT2D eigenvalue weighted by molar-refractivity contribution is 5.04. The third-order valence-corrected chi connectivity index (χ3v) is 2.17. The summed E-state index contributed by atoms with van der Waals surface area (Å²) >= 11 is 0. The summed E-state index contributed by atoms with van der Waals surface area (Å²) in [6.07, 6.45) is 5.22. The minimum Gasteiger partial charge on any atom is -0.380 e. The van der Waals surface area contributed by atoms with Crippen LogP contribution in [0.25, 0.3) is 0 Å². The normalized spacial score (nSPS) is 15.1. The highest BCUT2D eigenvalue weighted by atomic mass is 16.5. The Bertz CT molecular complexity index is 253. The zero-order chi connectivity index (χ0) is 10.4. The van der Waals surface area contributed by atoms with E-state index in [0.29, 0.717) is 0 Å². The van der Waals surface area contributed by atoms with Crippen molar-refractivity contribution in [2.24, 2.45) is 0 Å². The van der Waals surface area contributed by atoms with Crippen LogP contribution in [0.5, 0.6) is 0 Å². The minimum atomic E-state index is 0.0895. The van der Waals surface area contributed by atoms with Crippen molar-refractivity contribution < 1.29 is 4.74 Å². The van der Waals surface area contributed by atoms with Crippen molar-refractivity contribution in [3.8, 4) is 0 Å². The molecule has 1 N–H and O–H groups in total. The van der Waals surface area contributed by atoms with Crippen molar-refractivity contribution >= 4 is 0 Å². The number of hydrogen-bond donors (Lipinski definition) is 1. The average Bonchev–Trinajstić information content (AvgIpc) is 2.26. The van der Waals surface area contributed by atoms with Crippen molar-refractivity contribution in [2.45, 2.75) is 26.0 Å². The summed E-state index contributed by atoms with van der Waals surface area (Å²) in [5, 5.41) is 3.32. The van der Waals surface area contributed by atoms with Gasteiger partial charge in [0.2, 0.25) is 0 Å². The van der Waals surface area contributed by atoms with Gasteiger partial charge >= 0.3 is 0 Å². The Kier molecular flexibility index (Phi) is 4.49. The zero-order valence-electron chi connectivity index (χ0n) is 8.90. The molecule has 0 radical (unpaired) electrons. The van der Waals surface area contributed by atoms with Gasteiger partial charge in [0.1, 0.15) is 0 Å². The predicted molar refractivity (Wildman–Crippen MR) is 54.9 cm³/mol. The van der Waals surface area contributed by atoms with E-state index in [4.69, 9.17) is 4.74 Å². The zero-order valence-corrected chi connectivity index (χ0v) is 8.90. The molecule has 0 aliphatic heterocycles. The predicted octanol–water partition coefficient (Wildman–Crippen LogP) is 1.16. The Morgan fingerprint density at radius 2 is 2.29 bits per heavy atom. The van der Waals surface area contributed by atoms with Crippen LogP contribution in [0.2, 0.25) is 0 Å². The quantitative estimate of drug-likeness (QED) is 0.766. The van der Waals surface area contributed by atoms with Crippen LogP contribution in [-0.4, -0.2) is 29.7 Å². The maximum absolute atomic E-state index is 5.29. The van der Waals surface area contributed by atoms with Crippen molar-refractivity contribution in [3.63, 3.8) is 0 Å². The number of nitrogens with zero attached hydrogens (tertiary/aromatic N) is 2. The lowest BCUT2D eigenvalue weighted by atomic mass is 10.1. The van der Waals surface area contributed by atoms with Crippen molar-refractivity contribution in [1.29, 1.82) is 0 Å². The molecule has 0 fully saturated rings. The first-order chi connectivity index (χ1) is 6.79. The fourth-order valence-electron chi connectivity index (χ4n) is 1.34. The molecule has 0 saturated carbocycles. The molecule has 14 heavy (non-hydrogen) atoms. The highest BCUT2D eigenvalue weighted by Crippen LogP contribution is 2.14. The van der Waals surface area contributed by atoms with E-state index < -0.39 is 0 Å². The third-order valence-electron chi connectivity index (χ3n) is 2.17. The smallest absolute Gasteiger partial charge is 0.0782 e. The molecule has 0 saturated heterocycles. The van der Waals surface area contributed by atoms with Crippen molar-refractivity contribution in [2.75, 3.05) is 13.7 Å². The second kappa shape index (κ2) is 5.67. The molecule has 0 amide bonds. The summed E-state index contributed by atoms with van der Waals surface area (Å²) < 4.78 is 5.29. The van der Waals surface area contributed by atoms with Gasteiger partial charge in [-0.2, -0.15) is 0 Å². The maximum Gasteiger partial charge on any atom is 0.0782 e.